The summed E-state index contributed by atoms with van der Waals surface area (Å²) in [5.41, 5.74) is 8.13. The molecule has 0 radical (unpaired) electrons. The normalized spacial score (nSPS) is 11.7. The van der Waals surface area contributed by atoms with Crippen molar-refractivity contribution in [2.75, 3.05) is 0 Å². The van der Waals surface area contributed by atoms with Gasteiger partial charge in [0.05, 0.1) is 6.54 Å². The lowest BCUT2D eigenvalue weighted by molar-refractivity contribution is 0.266. The van der Waals surface area contributed by atoms with E-state index in [2.05, 4.69) is 32.9 Å². The second-order valence-electron chi connectivity index (χ2n) is 6.09. The maximum Gasteiger partial charge on any atom is 0.146 e. The summed E-state index contributed by atoms with van der Waals surface area (Å²) >= 11 is 0. The molecule has 0 aliphatic carbocycles. The first-order chi connectivity index (χ1) is 9.40. The fourth-order valence-electron chi connectivity index (χ4n) is 2.07. The molecule has 1 aromatic heterocycles. The van der Waals surface area contributed by atoms with Crippen molar-refractivity contribution in [2.45, 2.75) is 46.3 Å². The lowest BCUT2D eigenvalue weighted by Gasteiger charge is -2.19. The van der Waals surface area contributed by atoms with E-state index in [0.29, 0.717) is 13.2 Å². The van der Waals surface area contributed by atoms with Crippen molar-refractivity contribution >= 4 is 0 Å². The summed E-state index contributed by atoms with van der Waals surface area (Å²) in [5, 5.41) is 0. The number of rotatable bonds is 4. The molecule has 0 fully saturated rings. The monoisotopic (exact) mass is 273 g/mol. The van der Waals surface area contributed by atoms with Gasteiger partial charge in [0.25, 0.3) is 0 Å². The zero-order valence-electron chi connectivity index (χ0n) is 12.7. The standard InChI is InChI=1S/C17H23NO2/c1-12-9-15(20-16(12)10-18)11-19-14-7-5-13(6-8-14)17(2,3)4/h5-9H,10-11,18H2,1-4H3. The number of hydrogen-bond acceptors (Lipinski definition) is 3. The SMILES string of the molecule is Cc1cc(COc2ccc(C(C)(C)C)cc2)oc1CN. The minimum Gasteiger partial charge on any atom is -0.486 e. The van der Waals surface area contributed by atoms with Crippen LogP contribution in [0.15, 0.2) is 34.7 Å². The number of hydrogen-bond donors (Lipinski definition) is 1. The number of ether oxygens (including phenoxy) is 1. The summed E-state index contributed by atoms with van der Waals surface area (Å²) in [6, 6.07) is 10.2. The maximum atomic E-state index is 5.74. The molecule has 1 aromatic carbocycles. The first kappa shape index (κ1) is 14.7. The molecule has 3 heteroatoms. The van der Waals surface area contributed by atoms with Crippen LogP contribution in [-0.2, 0) is 18.6 Å². The Hall–Kier alpha value is -1.74. The molecule has 3 nitrogen and oxygen atoms in total. The van der Waals surface area contributed by atoms with Gasteiger partial charge in [-0.2, -0.15) is 0 Å². The van der Waals surface area contributed by atoms with E-state index in [1.165, 1.54) is 5.56 Å². The highest BCUT2D eigenvalue weighted by Gasteiger charge is 2.13. The molecule has 0 saturated heterocycles. The molecular formula is C17H23NO2. The lowest BCUT2D eigenvalue weighted by atomic mass is 9.87. The van der Waals surface area contributed by atoms with Crippen LogP contribution in [0, 0.1) is 6.92 Å². The molecule has 2 aromatic rings. The third-order valence-electron chi connectivity index (χ3n) is 3.36. The Morgan fingerprint density at radius 3 is 2.30 bits per heavy atom. The minimum atomic E-state index is 0.159. The molecule has 0 aliphatic rings. The van der Waals surface area contributed by atoms with Gasteiger partial charge < -0.3 is 14.9 Å². The van der Waals surface area contributed by atoms with Crippen molar-refractivity contribution in [3.8, 4) is 5.75 Å². The van der Waals surface area contributed by atoms with Crippen LogP contribution in [-0.4, -0.2) is 0 Å². The van der Waals surface area contributed by atoms with Crippen LogP contribution in [0.2, 0.25) is 0 Å². The smallest absolute Gasteiger partial charge is 0.146 e. The Morgan fingerprint density at radius 1 is 1.15 bits per heavy atom. The van der Waals surface area contributed by atoms with Crippen LogP contribution in [0.4, 0.5) is 0 Å². The van der Waals surface area contributed by atoms with Crippen LogP contribution in [0.1, 0.15) is 43.4 Å². The second kappa shape index (κ2) is 5.71. The van der Waals surface area contributed by atoms with Gasteiger partial charge >= 0.3 is 0 Å². The van der Waals surface area contributed by atoms with Crippen LogP contribution in [0.25, 0.3) is 0 Å². The maximum absolute atomic E-state index is 5.74. The van der Waals surface area contributed by atoms with E-state index in [0.717, 1.165) is 22.8 Å². The van der Waals surface area contributed by atoms with Gasteiger partial charge in [-0.3, -0.25) is 0 Å². The molecule has 0 saturated carbocycles. The van der Waals surface area contributed by atoms with E-state index >= 15 is 0 Å². The first-order valence-corrected chi connectivity index (χ1v) is 6.92. The summed E-state index contributed by atoms with van der Waals surface area (Å²) in [7, 11) is 0. The van der Waals surface area contributed by atoms with Crippen LogP contribution in [0.5, 0.6) is 5.75 Å². The molecule has 1 heterocycles. The van der Waals surface area contributed by atoms with Crippen molar-refractivity contribution in [3.05, 3.63) is 53.0 Å². The Morgan fingerprint density at radius 2 is 1.80 bits per heavy atom. The predicted octanol–water partition coefficient (Wildman–Crippen LogP) is 3.92. The van der Waals surface area contributed by atoms with Crippen molar-refractivity contribution in [2.24, 2.45) is 5.73 Å². The molecule has 0 unspecified atom stereocenters. The van der Waals surface area contributed by atoms with E-state index in [4.69, 9.17) is 14.9 Å². The number of furan rings is 1. The predicted molar refractivity (Wildman–Crippen MR) is 80.8 cm³/mol. The summed E-state index contributed by atoms with van der Waals surface area (Å²) < 4.78 is 11.4. The topological polar surface area (TPSA) is 48.4 Å². The Labute approximate surface area is 120 Å². The van der Waals surface area contributed by atoms with E-state index in [1.807, 2.05) is 25.1 Å². The zero-order chi connectivity index (χ0) is 14.8. The van der Waals surface area contributed by atoms with Crippen molar-refractivity contribution in [3.63, 3.8) is 0 Å². The fourth-order valence-corrected chi connectivity index (χ4v) is 2.07. The van der Waals surface area contributed by atoms with E-state index in [1.54, 1.807) is 0 Å². The fraction of sp³-hybridized carbons (Fsp3) is 0.412. The van der Waals surface area contributed by atoms with Crippen molar-refractivity contribution in [1.82, 2.24) is 0 Å². The highest BCUT2D eigenvalue weighted by atomic mass is 16.5. The highest BCUT2D eigenvalue weighted by molar-refractivity contribution is 5.31. The molecular weight excluding hydrogens is 250 g/mol. The lowest BCUT2D eigenvalue weighted by Crippen LogP contribution is -2.10. The largest absolute Gasteiger partial charge is 0.486 e. The van der Waals surface area contributed by atoms with Gasteiger partial charge in [-0.15, -0.1) is 0 Å². The van der Waals surface area contributed by atoms with Gasteiger partial charge in [-0.1, -0.05) is 32.9 Å². The number of nitrogens with two attached hydrogens (primary N) is 1. The van der Waals surface area contributed by atoms with Crippen LogP contribution in [0.3, 0.4) is 0 Å². The molecule has 2 N–H and O–H groups in total. The average Bonchev–Trinajstić information content (AvgIpc) is 2.76. The van der Waals surface area contributed by atoms with Gasteiger partial charge in [-0.25, -0.2) is 0 Å². The van der Waals surface area contributed by atoms with E-state index < -0.39 is 0 Å². The van der Waals surface area contributed by atoms with Gasteiger partial charge in [0.2, 0.25) is 0 Å². The van der Waals surface area contributed by atoms with Crippen LogP contribution >= 0.6 is 0 Å². The third kappa shape index (κ3) is 3.42. The molecule has 20 heavy (non-hydrogen) atoms. The summed E-state index contributed by atoms with van der Waals surface area (Å²) in [5.74, 6) is 2.48. The Kier molecular flexibility index (Phi) is 4.19. The van der Waals surface area contributed by atoms with Gasteiger partial charge in [0.1, 0.15) is 23.9 Å². The highest BCUT2D eigenvalue weighted by Crippen LogP contribution is 2.25. The first-order valence-electron chi connectivity index (χ1n) is 6.92. The van der Waals surface area contributed by atoms with Crippen molar-refractivity contribution in [1.29, 1.82) is 0 Å². The molecule has 0 spiro atoms. The van der Waals surface area contributed by atoms with E-state index in [9.17, 15) is 0 Å². The van der Waals surface area contributed by atoms with Gasteiger partial charge in [0.15, 0.2) is 0 Å². The second-order valence-corrected chi connectivity index (χ2v) is 6.09. The van der Waals surface area contributed by atoms with E-state index in [-0.39, 0.29) is 5.41 Å². The quantitative estimate of drug-likeness (QED) is 0.918. The summed E-state index contributed by atoms with van der Waals surface area (Å²) in [6.45, 7) is 9.43. The Bertz CT molecular complexity index is 562. The molecule has 0 atom stereocenters. The third-order valence-corrected chi connectivity index (χ3v) is 3.36. The zero-order valence-corrected chi connectivity index (χ0v) is 12.7. The summed E-state index contributed by atoms with van der Waals surface area (Å²) in [6.07, 6.45) is 0. The van der Waals surface area contributed by atoms with Gasteiger partial charge in [0, 0.05) is 0 Å². The Balaban J connectivity index is 2.00. The average molecular weight is 273 g/mol. The van der Waals surface area contributed by atoms with Gasteiger partial charge in [-0.05, 0) is 41.7 Å². The molecule has 0 bridgehead atoms. The molecule has 108 valence electrons. The minimum absolute atomic E-state index is 0.159. The number of aryl methyl sites for hydroxylation is 1. The molecule has 2 rings (SSSR count). The van der Waals surface area contributed by atoms with Crippen LogP contribution < -0.4 is 10.5 Å². The number of benzene rings is 1. The molecule has 0 aliphatic heterocycles. The van der Waals surface area contributed by atoms with Crippen molar-refractivity contribution < 1.29 is 9.15 Å². The molecule has 0 amide bonds. The summed E-state index contributed by atoms with van der Waals surface area (Å²) in [4.78, 5) is 0.